The molecule has 7 heteroatoms. The number of carbonyl (C=O) groups excluding carboxylic acids is 2. The Kier molecular flexibility index (Phi) is 21.5. The molecule has 3 N–H and O–H groups in total. The average Bonchev–Trinajstić information content (AvgIpc) is 2.81. The fourth-order valence-corrected chi connectivity index (χ4v) is 4.64. The van der Waals surface area contributed by atoms with E-state index in [0.29, 0.717) is 25.7 Å². The minimum absolute atomic E-state index is 0.100. The number of aliphatic hydroxyl groups is 1. The van der Waals surface area contributed by atoms with Crippen LogP contribution in [-0.2, 0) is 19.1 Å². The summed E-state index contributed by atoms with van der Waals surface area (Å²) in [6.07, 6.45) is 14.7. The minimum atomic E-state index is -1.08. The van der Waals surface area contributed by atoms with E-state index >= 15 is 0 Å². The van der Waals surface area contributed by atoms with Crippen LogP contribution in [0.4, 0.5) is 0 Å². The molecule has 1 unspecified atom stereocenters. The second-order valence-electron chi connectivity index (χ2n) is 10.7. The van der Waals surface area contributed by atoms with Crippen LogP contribution in [0.15, 0.2) is 0 Å². The van der Waals surface area contributed by atoms with Gasteiger partial charge in [0.15, 0.2) is 0 Å². The topological polar surface area (TPSA) is 113 Å². The Morgan fingerprint density at radius 3 is 1.81 bits per heavy atom. The molecule has 0 heterocycles. The third-order valence-electron chi connectivity index (χ3n) is 6.83. The SMILES string of the molecule is CCCCCCCCCCC[C@@H](C[C@@H](O)[C@H](CCCCCC)C(=O)O)OC(=O)C(CC(C)C)NC=O. The van der Waals surface area contributed by atoms with Crippen molar-refractivity contribution in [3.63, 3.8) is 0 Å². The molecule has 7 nitrogen and oxygen atoms in total. The summed E-state index contributed by atoms with van der Waals surface area (Å²) < 4.78 is 5.77. The molecule has 36 heavy (non-hydrogen) atoms. The number of carboxylic acids is 1. The molecule has 0 saturated carbocycles. The highest BCUT2D eigenvalue weighted by atomic mass is 16.5. The predicted octanol–water partition coefficient (Wildman–Crippen LogP) is 6.40. The van der Waals surface area contributed by atoms with Crippen LogP contribution in [0.25, 0.3) is 0 Å². The molecule has 0 aromatic rings. The number of rotatable bonds is 25. The van der Waals surface area contributed by atoms with Crippen LogP contribution in [0.2, 0.25) is 0 Å². The van der Waals surface area contributed by atoms with E-state index in [1.54, 1.807) is 0 Å². The molecular formula is C29H55NO6. The standard InChI is InChI=1S/C29H55NO6/c1-5-7-9-11-12-13-14-15-16-18-24(36-29(35)26(30-22-31)20-23(3)4)21-27(32)25(28(33)34)19-17-10-8-6-2/h22-27,32H,5-21H2,1-4H3,(H,30,31)(H,33,34)/t24-,25-,26?,27+/m0/s1. The van der Waals surface area contributed by atoms with Crippen LogP contribution in [0.1, 0.15) is 137 Å². The normalized spacial score (nSPS) is 14.7. The van der Waals surface area contributed by atoms with Crippen molar-refractivity contribution in [2.45, 2.75) is 155 Å². The molecule has 0 spiro atoms. The first-order valence-corrected chi connectivity index (χ1v) is 14.6. The van der Waals surface area contributed by atoms with E-state index in [0.717, 1.165) is 44.9 Å². The van der Waals surface area contributed by atoms with Gasteiger partial charge in [0.05, 0.1) is 12.0 Å². The molecule has 0 aliphatic carbocycles. The zero-order valence-electron chi connectivity index (χ0n) is 23.5. The lowest BCUT2D eigenvalue weighted by molar-refractivity contribution is -0.156. The zero-order valence-corrected chi connectivity index (χ0v) is 23.5. The molecule has 0 radical (unpaired) electrons. The summed E-state index contributed by atoms with van der Waals surface area (Å²) in [5, 5.41) is 23.0. The highest BCUT2D eigenvalue weighted by Crippen LogP contribution is 2.23. The molecule has 0 saturated heterocycles. The summed E-state index contributed by atoms with van der Waals surface area (Å²) in [6.45, 7) is 8.24. The highest BCUT2D eigenvalue weighted by molar-refractivity contribution is 5.78. The quantitative estimate of drug-likeness (QED) is 0.0739. The van der Waals surface area contributed by atoms with Crippen LogP contribution in [-0.4, -0.2) is 46.8 Å². The molecule has 0 aliphatic rings. The van der Waals surface area contributed by atoms with Gasteiger partial charge in [-0.25, -0.2) is 4.79 Å². The smallest absolute Gasteiger partial charge is 0.328 e. The zero-order chi connectivity index (χ0) is 27.2. The number of carboxylic acid groups (broad SMARTS) is 1. The van der Waals surface area contributed by atoms with Gasteiger partial charge in [-0.1, -0.05) is 105 Å². The van der Waals surface area contributed by atoms with Crippen molar-refractivity contribution in [2.75, 3.05) is 0 Å². The molecule has 0 fully saturated rings. The van der Waals surface area contributed by atoms with Crippen LogP contribution in [0.5, 0.6) is 0 Å². The first-order valence-electron chi connectivity index (χ1n) is 14.6. The number of hydrogen-bond donors (Lipinski definition) is 3. The Bertz CT molecular complexity index is 568. The molecule has 1 amide bonds. The molecular weight excluding hydrogens is 458 g/mol. The average molecular weight is 514 g/mol. The second-order valence-corrected chi connectivity index (χ2v) is 10.7. The predicted molar refractivity (Wildman–Crippen MR) is 145 cm³/mol. The Morgan fingerprint density at radius 2 is 1.31 bits per heavy atom. The van der Waals surface area contributed by atoms with Crippen molar-refractivity contribution in [2.24, 2.45) is 11.8 Å². The van der Waals surface area contributed by atoms with E-state index in [-0.39, 0.29) is 12.3 Å². The van der Waals surface area contributed by atoms with Gasteiger partial charge in [-0.3, -0.25) is 9.59 Å². The summed E-state index contributed by atoms with van der Waals surface area (Å²) in [6, 6.07) is -0.741. The van der Waals surface area contributed by atoms with Gasteiger partial charge < -0.3 is 20.3 Å². The van der Waals surface area contributed by atoms with Crippen molar-refractivity contribution in [1.29, 1.82) is 0 Å². The summed E-state index contributed by atoms with van der Waals surface area (Å²) in [7, 11) is 0. The summed E-state index contributed by atoms with van der Waals surface area (Å²) in [5.74, 6) is -2.20. The Labute approximate surface area is 220 Å². The van der Waals surface area contributed by atoms with Crippen LogP contribution < -0.4 is 5.32 Å². The maximum absolute atomic E-state index is 12.8. The van der Waals surface area contributed by atoms with Gasteiger partial charge in [0.2, 0.25) is 6.41 Å². The van der Waals surface area contributed by atoms with Crippen molar-refractivity contribution >= 4 is 18.3 Å². The minimum Gasteiger partial charge on any atom is -0.481 e. The number of esters is 1. The number of carbonyl (C=O) groups is 3. The van der Waals surface area contributed by atoms with Gasteiger partial charge in [0.1, 0.15) is 12.1 Å². The largest absolute Gasteiger partial charge is 0.481 e. The van der Waals surface area contributed by atoms with E-state index in [2.05, 4.69) is 19.2 Å². The Hall–Kier alpha value is -1.63. The molecule has 212 valence electrons. The van der Waals surface area contributed by atoms with Crippen molar-refractivity contribution in [1.82, 2.24) is 5.32 Å². The van der Waals surface area contributed by atoms with Crippen molar-refractivity contribution < 1.29 is 29.3 Å². The van der Waals surface area contributed by atoms with Crippen LogP contribution >= 0.6 is 0 Å². The monoisotopic (exact) mass is 513 g/mol. The Morgan fingerprint density at radius 1 is 0.806 bits per heavy atom. The lowest BCUT2D eigenvalue weighted by Gasteiger charge is -2.26. The number of aliphatic carboxylic acids is 1. The number of unbranched alkanes of at least 4 members (excludes halogenated alkanes) is 11. The van der Waals surface area contributed by atoms with Crippen molar-refractivity contribution in [3.8, 4) is 0 Å². The van der Waals surface area contributed by atoms with E-state index in [1.165, 1.54) is 38.5 Å². The summed E-state index contributed by atoms with van der Waals surface area (Å²) in [5.41, 5.74) is 0. The third-order valence-corrected chi connectivity index (χ3v) is 6.83. The van der Waals surface area contributed by atoms with E-state index in [4.69, 9.17) is 4.74 Å². The maximum atomic E-state index is 12.8. The summed E-state index contributed by atoms with van der Waals surface area (Å²) in [4.78, 5) is 35.7. The lowest BCUT2D eigenvalue weighted by Crippen LogP contribution is -2.41. The molecule has 4 atom stereocenters. The molecule has 0 aliphatic heterocycles. The molecule has 0 aromatic carbocycles. The number of aliphatic hydroxyl groups excluding tert-OH is 1. The van der Waals surface area contributed by atoms with E-state index in [1.807, 2.05) is 13.8 Å². The summed E-state index contributed by atoms with van der Waals surface area (Å²) >= 11 is 0. The fraction of sp³-hybridized carbons (Fsp3) is 0.897. The van der Waals surface area contributed by atoms with Gasteiger partial charge in [0, 0.05) is 6.42 Å². The Balaban J connectivity index is 4.99. The maximum Gasteiger partial charge on any atom is 0.328 e. The number of hydrogen-bond acceptors (Lipinski definition) is 5. The molecule has 0 bridgehead atoms. The van der Waals surface area contributed by atoms with Gasteiger partial charge in [-0.2, -0.15) is 0 Å². The first-order chi connectivity index (χ1) is 17.3. The highest BCUT2D eigenvalue weighted by Gasteiger charge is 2.31. The van der Waals surface area contributed by atoms with Crippen LogP contribution in [0, 0.1) is 11.8 Å². The van der Waals surface area contributed by atoms with Crippen LogP contribution in [0.3, 0.4) is 0 Å². The van der Waals surface area contributed by atoms with Gasteiger partial charge >= 0.3 is 11.9 Å². The second kappa shape index (κ2) is 22.6. The van der Waals surface area contributed by atoms with E-state index in [9.17, 15) is 24.6 Å². The van der Waals surface area contributed by atoms with Gasteiger partial charge in [-0.15, -0.1) is 0 Å². The molecule has 0 rings (SSSR count). The van der Waals surface area contributed by atoms with Gasteiger partial charge in [-0.05, 0) is 31.6 Å². The number of ether oxygens (including phenoxy) is 1. The van der Waals surface area contributed by atoms with E-state index < -0.39 is 36.1 Å². The first kappa shape index (κ1) is 34.4. The lowest BCUT2D eigenvalue weighted by atomic mass is 9.90. The van der Waals surface area contributed by atoms with Gasteiger partial charge in [0.25, 0.3) is 0 Å². The number of nitrogens with one attached hydrogen (secondary N) is 1. The molecule has 0 aromatic heterocycles. The fourth-order valence-electron chi connectivity index (χ4n) is 4.64. The number of amides is 1. The third kappa shape index (κ3) is 17.7. The van der Waals surface area contributed by atoms with Crippen molar-refractivity contribution in [3.05, 3.63) is 0 Å².